The zero-order chi connectivity index (χ0) is 8.48. The highest BCUT2D eigenvalue weighted by atomic mass is 16.6. The highest BCUT2D eigenvalue weighted by molar-refractivity contribution is 5.00. The molecule has 0 spiro atoms. The number of aliphatic hydroxyl groups is 1. The molecule has 2 unspecified atom stereocenters. The molecular weight excluding hydrogens is 142 g/mol. The minimum absolute atomic E-state index is 0.0326. The van der Waals surface area contributed by atoms with Crippen LogP contribution in [0.3, 0.4) is 0 Å². The first-order valence-electron chi connectivity index (χ1n) is 4.14. The number of hydrogen-bond acceptors (Lipinski definition) is 3. The molecule has 0 saturated heterocycles. The van der Waals surface area contributed by atoms with E-state index in [4.69, 9.17) is 4.84 Å². The van der Waals surface area contributed by atoms with Crippen molar-refractivity contribution in [3.63, 3.8) is 0 Å². The van der Waals surface area contributed by atoms with Gasteiger partial charge in [0.05, 0.1) is 12.7 Å². The lowest BCUT2D eigenvalue weighted by Gasteiger charge is -2.48. The van der Waals surface area contributed by atoms with Crippen LogP contribution in [0.15, 0.2) is 0 Å². The molecule has 2 N–H and O–H groups in total. The average molecular weight is 159 g/mol. The highest BCUT2D eigenvalue weighted by Crippen LogP contribution is 2.40. The minimum atomic E-state index is -0.180. The lowest BCUT2D eigenvalue weighted by atomic mass is 9.65. The Morgan fingerprint density at radius 2 is 2.27 bits per heavy atom. The summed E-state index contributed by atoms with van der Waals surface area (Å²) in [7, 11) is 0. The Kier molecular flexibility index (Phi) is 2.52. The summed E-state index contributed by atoms with van der Waals surface area (Å²) in [6, 6.07) is 0.303. The summed E-state index contributed by atoms with van der Waals surface area (Å²) < 4.78 is 0. The molecule has 2 atom stereocenters. The summed E-state index contributed by atoms with van der Waals surface area (Å²) in [5, 5.41) is 9.35. The van der Waals surface area contributed by atoms with Gasteiger partial charge in [0.2, 0.25) is 0 Å². The molecule has 1 saturated carbocycles. The van der Waals surface area contributed by atoms with Crippen molar-refractivity contribution in [3.05, 3.63) is 0 Å². The van der Waals surface area contributed by atoms with Crippen LogP contribution in [-0.2, 0) is 4.84 Å². The van der Waals surface area contributed by atoms with Gasteiger partial charge in [0.25, 0.3) is 0 Å². The lowest BCUT2D eigenvalue weighted by molar-refractivity contribution is -0.128. The van der Waals surface area contributed by atoms with Crippen molar-refractivity contribution < 1.29 is 9.94 Å². The van der Waals surface area contributed by atoms with Crippen molar-refractivity contribution >= 4 is 0 Å². The number of nitrogens with one attached hydrogen (secondary N) is 1. The Morgan fingerprint density at radius 1 is 1.64 bits per heavy atom. The molecule has 3 heteroatoms. The molecule has 0 amide bonds. The molecular formula is C8H17NO2. The van der Waals surface area contributed by atoms with E-state index in [1.807, 2.05) is 20.8 Å². The summed E-state index contributed by atoms with van der Waals surface area (Å²) >= 11 is 0. The predicted molar refractivity (Wildman–Crippen MR) is 43.0 cm³/mol. The molecule has 1 aliphatic carbocycles. The number of aliphatic hydroxyl groups excluding tert-OH is 1. The van der Waals surface area contributed by atoms with Gasteiger partial charge in [-0.2, -0.15) is 5.48 Å². The molecule has 0 aromatic heterocycles. The zero-order valence-corrected chi connectivity index (χ0v) is 7.42. The third-order valence-electron chi connectivity index (χ3n) is 2.59. The summed E-state index contributed by atoms with van der Waals surface area (Å²) in [5.41, 5.74) is 2.90. The van der Waals surface area contributed by atoms with Crippen LogP contribution in [0.4, 0.5) is 0 Å². The molecule has 0 aliphatic heterocycles. The molecule has 66 valence electrons. The van der Waals surface area contributed by atoms with Gasteiger partial charge < -0.3 is 9.94 Å². The van der Waals surface area contributed by atoms with Crippen molar-refractivity contribution in [2.24, 2.45) is 5.41 Å². The predicted octanol–water partition coefficient (Wildman–Crippen LogP) is 0.687. The van der Waals surface area contributed by atoms with E-state index in [2.05, 4.69) is 5.48 Å². The molecule has 0 radical (unpaired) electrons. The van der Waals surface area contributed by atoms with Crippen LogP contribution in [-0.4, -0.2) is 23.9 Å². The van der Waals surface area contributed by atoms with E-state index < -0.39 is 0 Å². The number of hydroxylamine groups is 1. The SMILES string of the molecule is CCONC1CC(O)C1(C)C. The van der Waals surface area contributed by atoms with E-state index in [-0.39, 0.29) is 11.5 Å². The standard InChI is InChI=1S/C8H17NO2/c1-4-11-9-6-5-7(10)8(6,2)3/h6-7,9-10H,4-5H2,1-3H3. The summed E-state index contributed by atoms with van der Waals surface area (Å²) in [4.78, 5) is 5.06. The third-order valence-corrected chi connectivity index (χ3v) is 2.59. The summed E-state index contributed by atoms with van der Waals surface area (Å²) in [5.74, 6) is 0. The van der Waals surface area contributed by atoms with Gasteiger partial charge in [-0.3, -0.25) is 0 Å². The Labute approximate surface area is 67.7 Å². The molecule has 0 heterocycles. The van der Waals surface area contributed by atoms with Crippen molar-refractivity contribution in [1.29, 1.82) is 0 Å². The topological polar surface area (TPSA) is 41.5 Å². The first-order chi connectivity index (χ1) is 5.09. The molecule has 3 nitrogen and oxygen atoms in total. The van der Waals surface area contributed by atoms with Gasteiger partial charge in [0.15, 0.2) is 0 Å². The molecule has 0 bridgehead atoms. The molecule has 0 aromatic carbocycles. The molecule has 0 aromatic rings. The van der Waals surface area contributed by atoms with Crippen LogP contribution < -0.4 is 5.48 Å². The highest BCUT2D eigenvalue weighted by Gasteiger charge is 2.47. The Hall–Kier alpha value is -0.120. The quantitative estimate of drug-likeness (QED) is 0.595. The number of rotatable bonds is 3. The maximum absolute atomic E-state index is 9.35. The van der Waals surface area contributed by atoms with Crippen molar-refractivity contribution in [2.75, 3.05) is 6.61 Å². The van der Waals surface area contributed by atoms with Gasteiger partial charge in [-0.15, -0.1) is 0 Å². The van der Waals surface area contributed by atoms with Gasteiger partial charge in [-0.05, 0) is 13.3 Å². The largest absolute Gasteiger partial charge is 0.392 e. The zero-order valence-electron chi connectivity index (χ0n) is 7.42. The number of hydrogen-bond donors (Lipinski definition) is 2. The van der Waals surface area contributed by atoms with E-state index in [0.717, 1.165) is 6.42 Å². The second-order valence-corrected chi connectivity index (χ2v) is 3.68. The van der Waals surface area contributed by atoms with Gasteiger partial charge >= 0.3 is 0 Å². The van der Waals surface area contributed by atoms with Crippen LogP contribution in [0.5, 0.6) is 0 Å². The van der Waals surface area contributed by atoms with E-state index in [1.165, 1.54) is 0 Å². The van der Waals surface area contributed by atoms with E-state index in [1.54, 1.807) is 0 Å². The fraction of sp³-hybridized carbons (Fsp3) is 1.00. The maximum atomic E-state index is 9.35. The van der Waals surface area contributed by atoms with Gasteiger partial charge in [-0.25, -0.2) is 0 Å². The van der Waals surface area contributed by atoms with Crippen LogP contribution in [0, 0.1) is 5.41 Å². The fourth-order valence-corrected chi connectivity index (χ4v) is 1.29. The lowest BCUT2D eigenvalue weighted by Crippen LogP contribution is -2.59. The van der Waals surface area contributed by atoms with Gasteiger partial charge in [-0.1, -0.05) is 13.8 Å². The van der Waals surface area contributed by atoms with Crippen molar-refractivity contribution in [2.45, 2.75) is 39.3 Å². The third kappa shape index (κ3) is 1.55. The van der Waals surface area contributed by atoms with Crippen LogP contribution in [0.25, 0.3) is 0 Å². The molecule has 1 fully saturated rings. The van der Waals surface area contributed by atoms with E-state index in [9.17, 15) is 5.11 Å². The summed E-state index contributed by atoms with van der Waals surface area (Å²) in [6.07, 6.45) is 0.618. The normalized spacial score (nSPS) is 34.9. The van der Waals surface area contributed by atoms with Gasteiger partial charge in [0.1, 0.15) is 0 Å². The first kappa shape index (κ1) is 8.97. The first-order valence-corrected chi connectivity index (χ1v) is 4.14. The van der Waals surface area contributed by atoms with Crippen molar-refractivity contribution in [1.82, 2.24) is 5.48 Å². The molecule has 11 heavy (non-hydrogen) atoms. The summed E-state index contributed by atoms with van der Waals surface area (Å²) in [6.45, 7) is 6.69. The van der Waals surface area contributed by atoms with Gasteiger partial charge in [0, 0.05) is 11.5 Å². The average Bonchev–Trinajstić information content (AvgIpc) is 1.97. The second kappa shape index (κ2) is 3.09. The molecule has 1 rings (SSSR count). The Balaban J connectivity index is 2.28. The Morgan fingerprint density at radius 3 is 2.64 bits per heavy atom. The maximum Gasteiger partial charge on any atom is 0.0654 e. The van der Waals surface area contributed by atoms with Crippen LogP contribution in [0.1, 0.15) is 27.2 Å². The smallest absolute Gasteiger partial charge is 0.0654 e. The minimum Gasteiger partial charge on any atom is -0.392 e. The van der Waals surface area contributed by atoms with Crippen LogP contribution >= 0.6 is 0 Å². The van der Waals surface area contributed by atoms with Crippen molar-refractivity contribution in [3.8, 4) is 0 Å². The second-order valence-electron chi connectivity index (χ2n) is 3.68. The fourth-order valence-electron chi connectivity index (χ4n) is 1.29. The molecule has 1 aliphatic rings. The van der Waals surface area contributed by atoms with E-state index >= 15 is 0 Å². The van der Waals surface area contributed by atoms with Crippen LogP contribution in [0.2, 0.25) is 0 Å². The van der Waals surface area contributed by atoms with E-state index in [0.29, 0.717) is 12.6 Å². The Bertz CT molecular complexity index is 136. The monoisotopic (exact) mass is 159 g/mol.